The van der Waals surface area contributed by atoms with Gasteiger partial charge in [-0.25, -0.2) is 4.68 Å². The summed E-state index contributed by atoms with van der Waals surface area (Å²) in [5, 5.41) is 19.0. The Labute approximate surface area is 232 Å². The number of aromatic nitrogens is 3. The van der Waals surface area contributed by atoms with Crippen LogP contribution in [0.25, 0.3) is 11.0 Å². The van der Waals surface area contributed by atoms with E-state index in [1.54, 1.807) is 7.11 Å². The maximum absolute atomic E-state index is 13.8. The Morgan fingerprint density at radius 3 is 2.65 bits per heavy atom. The third-order valence-electron chi connectivity index (χ3n) is 11.5. The fourth-order valence-electron chi connectivity index (χ4n) is 9.83. The first kappa shape index (κ1) is 27.9. The molecule has 40 heavy (non-hydrogen) atoms. The van der Waals surface area contributed by atoms with Crippen molar-refractivity contribution in [1.82, 2.24) is 15.0 Å². The molecule has 4 aliphatic carbocycles. The van der Waals surface area contributed by atoms with Crippen molar-refractivity contribution < 1.29 is 32.5 Å². The Hall–Kier alpha value is -2.20. The zero-order chi connectivity index (χ0) is 28.5. The fourth-order valence-corrected chi connectivity index (χ4v) is 9.83. The normalized spacial score (nSPS) is 39.4. The minimum atomic E-state index is -4.80. The smallest absolute Gasteiger partial charge is 0.406 e. The molecule has 0 amide bonds. The number of ketones is 1. The molecule has 1 heterocycles. The van der Waals surface area contributed by atoms with Gasteiger partial charge in [-0.05, 0) is 111 Å². The predicted molar refractivity (Wildman–Crippen MR) is 141 cm³/mol. The number of benzene rings is 1. The maximum Gasteiger partial charge on any atom is 0.573 e. The summed E-state index contributed by atoms with van der Waals surface area (Å²) in [5.74, 6) is 1.61. The molecule has 4 fully saturated rings. The standard InChI is InChI=1S/C30H40F3N3O4/c1-27(38)12-13-29(17-39-3)18(15-27)4-6-20-21-7-8-23(28(21,2)11-10-22(20)29)26(37)16-36-25-14-19(40-30(31,32)33)5-9-24(25)34-35-36/h5,9,14,18,20-23,38H,4,6-8,10-13,15-17H2,1-3H3/t18-,20-,21-,22-,23+,27+,28-,29+/m0/s1. The van der Waals surface area contributed by atoms with Crippen LogP contribution in [0, 0.1) is 40.4 Å². The van der Waals surface area contributed by atoms with E-state index in [0.717, 1.165) is 64.4 Å². The van der Waals surface area contributed by atoms with Gasteiger partial charge in [0.1, 0.15) is 17.8 Å². The second-order valence-electron chi connectivity index (χ2n) is 13.6. The second kappa shape index (κ2) is 9.68. The highest BCUT2D eigenvalue weighted by molar-refractivity contribution is 5.84. The Balaban J connectivity index is 1.21. The molecule has 1 aromatic carbocycles. The summed E-state index contributed by atoms with van der Waals surface area (Å²) < 4.78 is 49.6. The van der Waals surface area contributed by atoms with Crippen molar-refractivity contribution in [2.45, 2.75) is 90.1 Å². The molecule has 10 heteroatoms. The molecule has 220 valence electrons. The van der Waals surface area contributed by atoms with Crippen LogP contribution < -0.4 is 4.74 Å². The minimum absolute atomic E-state index is 0.0161. The molecular weight excluding hydrogens is 523 g/mol. The van der Waals surface area contributed by atoms with Crippen molar-refractivity contribution in [3.8, 4) is 5.75 Å². The molecule has 7 nitrogen and oxygen atoms in total. The average molecular weight is 564 g/mol. The maximum atomic E-state index is 13.8. The van der Waals surface area contributed by atoms with Crippen molar-refractivity contribution in [1.29, 1.82) is 0 Å². The van der Waals surface area contributed by atoms with E-state index in [9.17, 15) is 23.1 Å². The van der Waals surface area contributed by atoms with Gasteiger partial charge in [-0.1, -0.05) is 12.1 Å². The van der Waals surface area contributed by atoms with Gasteiger partial charge in [0.15, 0.2) is 5.78 Å². The summed E-state index contributed by atoms with van der Waals surface area (Å²) in [7, 11) is 1.80. The molecule has 1 N–H and O–H groups in total. The number of fused-ring (bicyclic) bond motifs is 6. The van der Waals surface area contributed by atoms with E-state index in [-0.39, 0.29) is 34.8 Å². The number of ether oxygens (including phenoxy) is 2. The molecule has 0 saturated heterocycles. The lowest BCUT2D eigenvalue weighted by Gasteiger charge is -2.62. The zero-order valence-electron chi connectivity index (χ0n) is 23.5. The van der Waals surface area contributed by atoms with Gasteiger partial charge in [0.2, 0.25) is 0 Å². The Morgan fingerprint density at radius 1 is 1.10 bits per heavy atom. The predicted octanol–water partition coefficient (Wildman–Crippen LogP) is 5.94. The van der Waals surface area contributed by atoms with Gasteiger partial charge in [-0.3, -0.25) is 4.79 Å². The van der Waals surface area contributed by atoms with Crippen LogP contribution in [-0.2, 0) is 16.1 Å². The van der Waals surface area contributed by atoms with Gasteiger partial charge in [0.05, 0.1) is 17.7 Å². The number of hydrogen-bond acceptors (Lipinski definition) is 6. The van der Waals surface area contributed by atoms with Gasteiger partial charge in [0, 0.05) is 19.1 Å². The Bertz CT molecular complexity index is 1280. The zero-order valence-corrected chi connectivity index (χ0v) is 23.5. The lowest BCUT2D eigenvalue weighted by molar-refractivity contribution is -0.274. The van der Waals surface area contributed by atoms with E-state index < -0.39 is 12.0 Å². The van der Waals surface area contributed by atoms with Gasteiger partial charge >= 0.3 is 6.36 Å². The summed E-state index contributed by atoms with van der Waals surface area (Å²) >= 11 is 0. The number of methoxy groups -OCH3 is 1. The largest absolute Gasteiger partial charge is 0.573 e. The van der Waals surface area contributed by atoms with E-state index in [4.69, 9.17) is 4.74 Å². The molecule has 2 aromatic rings. The first-order valence-electron chi connectivity index (χ1n) is 14.7. The number of hydrogen-bond donors (Lipinski definition) is 1. The molecule has 1 aromatic heterocycles. The van der Waals surface area contributed by atoms with E-state index in [1.807, 2.05) is 6.92 Å². The molecule has 0 spiro atoms. The number of nitrogens with zero attached hydrogens (tertiary/aromatic N) is 3. The third kappa shape index (κ3) is 4.63. The molecule has 0 bridgehead atoms. The van der Waals surface area contributed by atoms with E-state index in [1.165, 1.54) is 22.9 Å². The quantitative estimate of drug-likeness (QED) is 0.469. The molecule has 4 aliphatic rings. The van der Waals surface area contributed by atoms with Crippen molar-refractivity contribution in [2.75, 3.05) is 13.7 Å². The lowest BCUT2D eigenvalue weighted by Crippen LogP contribution is -2.58. The van der Waals surface area contributed by atoms with E-state index in [2.05, 4.69) is 22.0 Å². The molecule has 0 radical (unpaired) electrons. The third-order valence-corrected chi connectivity index (χ3v) is 11.5. The van der Waals surface area contributed by atoms with Crippen LogP contribution in [0.1, 0.15) is 71.6 Å². The van der Waals surface area contributed by atoms with Crippen molar-refractivity contribution in [2.24, 2.45) is 40.4 Å². The molecular formula is C30H40F3N3O4. The highest BCUT2D eigenvalue weighted by Gasteiger charge is 2.63. The monoisotopic (exact) mass is 563 g/mol. The molecule has 8 atom stereocenters. The Kier molecular flexibility index (Phi) is 6.76. The first-order valence-corrected chi connectivity index (χ1v) is 14.7. The molecule has 0 aliphatic heterocycles. The van der Waals surface area contributed by atoms with Crippen molar-refractivity contribution >= 4 is 16.8 Å². The summed E-state index contributed by atoms with van der Waals surface area (Å²) in [6.07, 6.45) is 3.95. The topological polar surface area (TPSA) is 86.5 Å². The number of Topliss-reactive ketones (excluding diaryl/α,β-unsaturated/α-hetero) is 1. The number of aliphatic hydroxyl groups is 1. The van der Waals surface area contributed by atoms with Crippen LogP contribution in [0.4, 0.5) is 13.2 Å². The summed E-state index contributed by atoms with van der Waals surface area (Å²) in [6, 6.07) is 3.88. The van der Waals surface area contributed by atoms with Gasteiger partial charge in [0.25, 0.3) is 0 Å². The highest BCUT2D eigenvalue weighted by Crippen LogP contribution is 2.68. The molecule has 0 unspecified atom stereocenters. The number of carbonyl (C=O) groups excluding carboxylic acids is 1. The first-order chi connectivity index (χ1) is 18.9. The lowest BCUT2D eigenvalue weighted by atomic mass is 9.43. The number of halogens is 3. The minimum Gasteiger partial charge on any atom is -0.406 e. The van der Waals surface area contributed by atoms with Crippen LogP contribution in [-0.4, -0.2) is 51.6 Å². The van der Waals surface area contributed by atoms with Gasteiger partial charge in [-0.15, -0.1) is 18.3 Å². The number of rotatable bonds is 6. The SMILES string of the molecule is COC[C@]12CC[C@@](C)(O)C[C@@H]1CC[C@H]1[C@@H]3CC[C@H](C(=O)Cn4nnc5ccc(OC(F)(F)F)cc54)[C@@]3(C)CC[C@@H]12. The van der Waals surface area contributed by atoms with Crippen LogP contribution in [0.5, 0.6) is 5.75 Å². The second-order valence-corrected chi connectivity index (χ2v) is 13.6. The molecule has 4 saturated carbocycles. The van der Waals surface area contributed by atoms with E-state index >= 15 is 0 Å². The molecule has 6 rings (SSSR count). The van der Waals surface area contributed by atoms with Crippen LogP contribution in [0.2, 0.25) is 0 Å². The van der Waals surface area contributed by atoms with Crippen molar-refractivity contribution in [3.63, 3.8) is 0 Å². The van der Waals surface area contributed by atoms with E-state index in [0.29, 0.717) is 34.7 Å². The fraction of sp³-hybridized carbons (Fsp3) is 0.767. The number of carbonyl (C=O) groups is 1. The summed E-state index contributed by atoms with van der Waals surface area (Å²) in [4.78, 5) is 13.8. The van der Waals surface area contributed by atoms with Gasteiger partial charge < -0.3 is 14.6 Å². The Morgan fingerprint density at radius 2 is 1.90 bits per heavy atom. The van der Waals surface area contributed by atoms with Crippen molar-refractivity contribution in [3.05, 3.63) is 18.2 Å². The van der Waals surface area contributed by atoms with Crippen LogP contribution >= 0.6 is 0 Å². The summed E-state index contributed by atoms with van der Waals surface area (Å²) in [6.45, 7) is 4.99. The number of alkyl halides is 3. The average Bonchev–Trinajstić information content (AvgIpc) is 3.43. The van der Waals surface area contributed by atoms with Crippen LogP contribution in [0.15, 0.2) is 18.2 Å². The highest BCUT2D eigenvalue weighted by atomic mass is 19.4. The van der Waals surface area contributed by atoms with Gasteiger partial charge in [-0.2, -0.15) is 0 Å². The van der Waals surface area contributed by atoms with Crippen LogP contribution in [0.3, 0.4) is 0 Å². The summed E-state index contributed by atoms with van der Waals surface area (Å²) in [5.41, 5.74) is 0.157.